The number of amides is 1. The molecule has 126 valence electrons. The van der Waals surface area contributed by atoms with E-state index in [2.05, 4.69) is 18.9 Å². The Bertz CT molecular complexity index is 700. The van der Waals surface area contributed by atoms with Crippen LogP contribution >= 0.6 is 11.3 Å². The van der Waals surface area contributed by atoms with E-state index < -0.39 is 0 Å². The first-order chi connectivity index (χ1) is 11.0. The van der Waals surface area contributed by atoms with Crippen LogP contribution < -0.4 is 0 Å². The zero-order valence-corrected chi connectivity index (χ0v) is 14.9. The Morgan fingerprint density at radius 3 is 2.83 bits per heavy atom. The van der Waals surface area contributed by atoms with E-state index in [0.717, 1.165) is 53.0 Å². The summed E-state index contributed by atoms with van der Waals surface area (Å²) in [5.74, 6) is 0.488. The van der Waals surface area contributed by atoms with Gasteiger partial charge in [-0.2, -0.15) is 5.10 Å². The van der Waals surface area contributed by atoms with Crippen LogP contribution in [0, 0.1) is 0 Å². The second-order valence-corrected chi connectivity index (χ2v) is 7.68. The van der Waals surface area contributed by atoms with Crippen molar-refractivity contribution in [3.8, 4) is 0 Å². The van der Waals surface area contributed by atoms with Crippen LogP contribution in [-0.2, 0) is 7.05 Å². The maximum atomic E-state index is 12.9. The molecule has 0 aliphatic heterocycles. The van der Waals surface area contributed by atoms with Crippen LogP contribution in [0.15, 0.2) is 6.07 Å². The lowest BCUT2D eigenvalue weighted by molar-refractivity contribution is 0.0742. The first-order valence-electron chi connectivity index (χ1n) is 8.41. The number of carbonyl (C=O) groups excluding carboxylic acids is 1. The van der Waals surface area contributed by atoms with Crippen LogP contribution in [0.4, 0.5) is 0 Å². The Morgan fingerprint density at radius 2 is 2.22 bits per heavy atom. The summed E-state index contributed by atoms with van der Waals surface area (Å²) in [6, 6.07) is 2.42. The molecule has 1 aliphatic carbocycles. The molecule has 5 nitrogen and oxygen atoms in total. The number of aliphatic hydroxyl groups is 1. The van der Waals surface area contributed by atoms with Gasteiger partial charge >= 0.3 is 0 Å². The van der Waals surface area contributed by atoms with Gasteiger partial charge in [0.05, 0.1) is 10.6 Å². The lowest BCUT2D eigenvalue weighted by atomic mass is 10.1. The molecule has 1 N–H and O–H groups in total. The van der Waals surface area contributed by atoms with E-state index in [1.807, 2.05) is 22.7 Å². The van der Waals surface area contributed by atoms with Crippen molar-refractivity contribution in [3.63, 3.8) is 0 Å². The molecular weight excluding hydrogens is 310 g/mol. The largest absolute Gasteiger partial charge is 0.396 e. The number of unbranched alkanes of at least 4 members (excludes halogenated alkanes) is 1. The summed E-state index contributed by atoms with van der Waals surface area (Å²) in [4.78, 5) is 16.8. The van der Waals surface area contributed by atoms with Crippen molar-refractivity contribution in [2.75, 3.05) is 13.2 Å². The second kappa shape index (κ2) is 6.61. The minimum atomic E-state index is 0.140. The van der Waals surface area contributed by atoms with Gasteiger partial charge in [-0.15, -0.1) is 11.3 Å². The average molecular weight is 335 g/mol. The molecule has 6 heteroatoms. The summed E-state index contributed by atoms with van der Waals surface area (Å²) >= 11 is 1.54. The number of aliphatic hydroxyl groups excluding tert-OH is 1. The van der Waals surface area contributed by atoms with Gasteiger partial charge < -0.3 is 10.0 Å². The zero-order valence-electron chi connectivity index (χ0n) is 14.1. The second-order valence-electron chi connectivity index (χ2n) is 6.65. The maximum Gasteiger partial charge on any atom is 0.264 e. The molecule has 0 atom stereocenters. The van der Waals surface area contributed by atoms with E-state index in [1.165, 1.54) is 0 Å². The molecule has 2 heterocycles. The zero-order chi connectivity index (χ0) is 16.6. The molecule has 3 rings (SSSR count). The number of aryl methyl sites for hydroxylation is 1. The minimum absolute atomic E-state index is 0.140. The highest BCUT2D eigenvalue weighted by atomic mass is 32.1. The number of hydrogen-bond donors (Lipinski definition) is 1. The van der Waals surface area contributed by atoms with E-state index in [9.17, 15) is 4.79 Å². The molecule has 2 aromatic rings. The Kier molecular flexibility index (Phi) is 4.73. The van der Waals surface area contributed by atoms with Crippen molar-refractivity contribution in [3.05, 3.63) is 16.6 Å². The fourth-order valence-corrected chi connectivity index (χ4v) is 4.01. The van der Waals surface area contributed by atoms with Crippen LogP contribution in [0.25, 0.3) is 10.2 Å². The highest BCUT2D eigenvalue weighted by molar-refractivity contribution is 7.20. The van der Waals surface area contributed by atoms with Crippen LogP contribution in [0.5, 0.6) is 0 Å². The van der Waals surface area contributed by atoms with Gasteiger partial charge in [0.2, 0.25) is 0 Å². The average Bonchev–Trinajstić information content (AvgIpc) is 3.17. The molecule has 1 fully saturated rings. The van der Waals surface area contributed by atoms with Crippen LogP contribution in [0.2, 0.25) is 0 Å². The number of thiophene rings is 1. The fraction of sp³-hybridized carbons (Fsp3) is 0.647. The highest BCUT2D eigenvalue weighted by Gasteiger charge is 2.33. The van der Waals surface area contributed by atoms with E-state index in [0.29, 0.717) is 12.0 Å². The Balaban J connectivity index is 1.85. The third kappa shape index (κ3) is 3.28. The lowest BCUT2D eigenvalue weighted by Crippen LogP contribution is -2.33. The quantitative estimate of drug-likeness (QED) is 0.791. The standard InChI is InChI=1S/C17H25N3O2S/c1-11(2)15-13-10-14(23-17(13)19(3)18-15)16(22)20(12-6-7-12)8-4-5-9-21/h10-12,21H,4-9H2,1-3H3. The first kappa shape index (κ1) is 16.5. The number of rotatable bonds is 7. The molecule has 0 saturated heterocycles. The molecule has 1 amide bonds. The summed E-state index contributed by atoms with van der Waals surface area (Å²) < 4.78 is 1.89. The van der Waals surface area contributed by atoms with Gasteiger partial charge in [0.15, 0.2) is 0 Å². The maximum absolute atomic E-state index is 12.9. The summed E-state index contributed by atoms with van der Waals surface area (Å²) in [6.45, 7) is 5.20. The predicted molar refractivity (Wildman–Crippen MR) is 93.1 cm³/mol. The molecule has 2 aromatic heterocycles. The Labute approximate surface area is 140 Å². The number of hydrogen-bond acceptors (Lipinski definition) is 4. The van der Waals surface area contributed by atoms with Crippen LogP contribution in [0.3, 0.4) is 0 Å². The van der Waals surface area contributed by atoms with Crippen molar-refractivity contribution < 1.29 is 9.90 Å². The third-order valence-corrected chi connectivity index (χ3v) is 5.54. The van der Waals surface area contributed by atoms with Crippen molar-refractivity contribution >= 4 is 27.5 Å². The number of nitrogens with zero attached hydrogens (tertiary/aromatic N) is 3. The summed E-state index contributed by atoms with van der Waals surface area (Å²) in [6.07, 6.45) is 3.83. The van der Waals surface area contributed by atoms with Crippen molar-refractivity contribution in [2.24, 2.45) is 7.05 Å². The third-order valence-electron chi connectivity index (χ3n) is 4.35. The molecule has 0 bridgehead atoms. The molecule has 0 aromatic carbocycles. The van der Waals surface area contributed by atoms with Gasteiger partial charge in [0.25, 0.3) is 5.91 Å². The van der Waals surface area contributed by atoms with E-state index >= 15 is 0 Å². The number of carbonyl (C=O) groups is 1. The molecule has 1 aliphatic rings. The number of aromatic nitrogens is 2. The smallest absolute Gasteiger partial charge is 0.264 e. The Hall–Kier alpha value is -1.40. The number of fused-ring (bicyclic) bond motifs is 1. The Morgan fingerprint density at radius 1 is 1.48 bits per heavy atom. The van der Waals surface area contributed by atoms with Gasteiger partial charge in [-0.3, -0.25) is 9.48 Å². The van der Waals surface area contributed by atoms with E-state index in [-0.39, 0.29) is 12.5 Å². The predicted octanol–water partition coefficient (Wildman–Crippen LogP) is 3.14. The topological polar surface area (TPSA) is 58.4 Å². The van der Waals surface area contributed by atoms with Gasteiger partial charge in [-0.1, -0.05) is 13.8 Å². The molecule has 0 spiro atoms. The molecule has 0 unspecified atom stereocenters. The SMILES string of the molecule is CC(C)c1nn(C)c2sc(C(=O)N(CCCCO)C3CC3)cc12. The monoisotopic (exact) mass is 335 g/mol. The van der Waals surface area contributed by atoms with E-state index in [1.54, 1.807) is 11.3 Å². The van der Waals surface area contributed by atoms with Gasteiger partial charge in [0.1, 0.15) is 4.83 Å². The summed E-state index contributed by atoms with van der Waals surface area (Å²) in [5.41, 5.74) is 1.07. The fourth-order valence-electron chi connectivity index (χ4n) is 2.97. The molecule has 23 heavy (non-hydrogen) atoms. The summed E-state index contributed by atoms with van der Waals surface area (Å²) in [5, 5.41) is 14.6. The lowest BCUT2D eigenvalue weighted by Gasteiger charge is -2.21. The molecular formula is C17H25N3O2S. The van der Waals surface area contributed by atoms with Crippen LogP contribution in [-0.4, -0.2) is 44.9 Å². The van der Waals surface area contributed by atoms with Gasteiger partial charge in [-0.25, -0.2) is 0 Å². The van der Waals surface area contributed by atoms with Crippen molar-refractivity contribution in [1.29, 1.82) is 0 Å². The molecule has 1 saturated carbocycles. The van der Waals surface area contributed by atoms with E-state index in [4.69, 9.17) is 5.11 Å². The first-order valence-corrected chi connectivity index (χ1v) is 9.22. The van der Waals surface area contributed by atoms with Crippen LogP contribution in [0.1, 0.15) is 60.8 Å². The normalized spacial score (nSPS) is 14.8. The molecule has 0 radical (unpaired) electrons. The van der Waals surface area contributed by atoms with Crippen molar-refractivity contribution in [2.45, 2.75) is 51.5 Å². The highest BCUT2D eigenvalue weighted by Crippen LogP contribution is 2.34. The minimum Gasteiger partial charge on any atom is -0.396 e. The van der Waals surface area contributed by atoms with Crippen molar-refractivity contribution in [1.82, 2.24) is 14.7 Å². The summed E-state index contributed by atoms with van der Waals surface area (Å²) in [7, 11) is 1.94. The van der Waals surface area contributed by atoms with Gasteiger partial charge in [0, 0.05) is 31.6 Å². The van der Waals surface area contributed by atoms with Gasteiger partial charge in [-0.05, 0) is 37.7 Å².